The number of fused-ring (bicyclic) bond motifs is 1. The van der Waals surface area contributed by atoms with Crippen molar-refractivity contribution < 1.29 is 8.78 Å². The molecule has 0 amide bonds. The molecule has 3 heterocycles. The summed E-state index contributed by atoms with van der Waals surface area (Å²) in [7, 11) is 0. The van der Waals surface area contributed by atoms with Crippen molar-refractivity contribution >= 4 is 16.5 Å². The number of benzene rings is 3. The molecule has 40 heavy (non-hydrogen) atoms. The molecular formula is C31H28F2N6O. The fourth-order valence-corrected chi connectivity index (χ4v) is 5.53. The molecule has 1 aliphatic rings. The Morgan fingerprint density at radius 1 is 0.975 bits per heavy atom. The van der Waals surface area contributed by atoms with Crippen LogP contribution in [0.1, 0.15) is 46.1 Å². The van der Waals surface area contributed by atoms with E-state index in [1.165, 1.54) is 24.3 Å². The first-order valence-corrected chi connectivity index (χ1v) is 13.2. The van der Waals surface area contributed by atoms with Crippen LogP contribution in [0, 0.1) is 25.5 Å². The van der Waals surface area contributed by atoms with Crippen molar-refractivity contribution in [2.24, 2.45) is 0 Å². The SMILES string of the molecule is Cc1cc(C)c2[nH]c(=O)c([C@@H](c3nnnn3Cc3ccc(F)cc3)N3CC=C(c4ccc(F)cc4)CC3)cc2c1. The first-order valence-electron chi connectivity index (χ1n) is 13.2. The van der Waals surface area contributed by atoms with Gasteiger partial charge in [0, 0.05) is 18.7 Å². The molecule has 1 aliphatic heterocycles. The second-order valence-corrected chi connectivity index (χ2v) is 10.3. The molecule has 0 unspecified atom stereocenters. The van der Waals surface area contributed by atoms with E-state index in [9.17, 15) is 13.6 Å². The average molecular weight is 539 g/mol. The largest absolute Gasteiger partial charge is 0.321 e. The van der Waals surface area contributed by atoms with Crippen molar-refractivity contribution in [1.29, 1.82) is 0 Å². The Morgan fingerprint density at radius 3 is 2.40 bits per heavy atom. The summed E-state index contributed by atoms with van der Waals surface area (Å²) in [6.45, 7) is 5.53. The number of aryl methyl sites for hydroxylation is 2. The van der Waals surface area contributed by atoms with Crippen molar-refractivity contribution in [2.75, 3.05) is 13.1 Å². The summed E-state index contributed by atoms with van der Waals surface area (Å²) in [6.07, 6.45) is 2.83. The van der Waals surface area contributed by atoms with Crippen molar-refractivity contribution in [3.05, 3.63) is 128 Å². The third-order valence-electron chi connectivity index (χ3n) is 7.49. The Kier molecular flexibility index (Phi) is 6.81. The van der Waals surface area contributed by atoms with Crippen molar-refractivity contribution in [2.45, 2.75) is 32.9 Å². The maximum Gasteiger partial charge on any atom is 0.253 e. The maximum atomic E-state index is 13.6. The predicted octanol–water partition coefficient (Wildman–Crippen LogP) is 5.34. The summed E-state index contributed by atoms with van der Waals surface area (Å²) in [6, 6.07) is 18.2. The van der Waals surface area contributed by atoms with E-state index in [-0.39, 0.29) is 17.2 Å². The topological polar surface area (TPSA) is 79.7 Å². The highest BCUT2D eigenvalue weighted by Crippen LogP contribution is 2.32. The van der Waals surface area contributed by atoms with Crippen LogP contribution in [0.15, 0.2) is 77.6 Å². The van der Waals surface area contributed by atoms with E-state index in [1.807, 2.05) is 26.0 Å². The van der Waals surface area contributed by atoms with E-state index in [1.54, 1.807) is 28.9 Å². The average Bonchev–Trinajstić information content (AvgIpc) is 3.39. The number of rotatable bonds is 6. The molecule has 0 aliphatic carbocycles. The van der Waals surface area contributed by atoms with E-state index in [0.717, 1.165) is 38.7 Å². The van der Waals surface area contributed by atoms with Crippen molar-refractivity contribution in [3.8, 4) is 0 Å². The van der Waals surface area contributed by atoms with Crippen LogP contribution < -0.4 is 5.56 Å². The highest BCUT2D eigenvalue weighted by molar-refractivity contribution is 5.83. The third-order valence-corrected chi connectivity index (χ3v) is 7.49. The van der Waals surface area contributed by atoms with Gasteiger partial charge in [0.1, 0.15) is 17.7 Å². The fourth-order valence-electron chi connectivity index (χ4n) is 5.53. The van der Waals surface area contributed by atoms with Crippen LogP contribution in [-0.2, 0) is 6.54 Å². The maximum absolute atomic E-state index is 13.6. The lowest BCUT2D eigenvalue weighted by Crippen LogP contribution is -2.38. The molecule has 1 atom stereocenters. The minimum atomic E-state index is -0.532. The number of H-pyrrole nitrogens is 1. The summed E-state index contributed by atoms with van der Waals surface area (Å²) >= 11 is 0. The van der Waals surface area contributed by atoms with E-state index < -0.39 is 6.04 Å². The van der Waals surface area contributed by atoms with Crippen LogP contribution in [0.2, 0.25) is 0 Å². The first-order chi connectivity index (χ1) is 19.4. The number of tetrazole rings is 1. The summed E-state index contributed by atoms with van der Waals surface area (Å²) in [4.78, 5) is 18.9. The van der Waals surface area contributed by atoms with Crippen LogP contribution in [-0.4, -0.2) is 43.2 Å². The number of pyridine rings is 1. The quantitative estimate of drug-likeness (QED) is 0.316. The standard InChI is InChI=1S/C31H28F2N6O/c1-19-15-20(2)28-24(16-19)17-27(31(40)34-28)29(30-35-36-37-39(30)18-21-3-7-25(32)8-4-21)38-13-11-23(12-14-38)22-5-9-26(33)10-6-22/h3-11,15-17,29H,12-14,18H2,1-2H3,(H,34,40)/t29-/m0/s1. The Bertz CT molecular complexity index is 1770. The lowest BCUT2D eigenvalue weighted by Gasteiger charge is -2.33. The molecule has 0 saturated carbocycles. The lowest BCUT2D eigenvalue weighted by molar-refractivity contribution is 0.234. The van der Waals surface area contributed by atoms with Gasteiger partial charge in [0.2, 0.25) is 0 Å². The van der Waals surface area contributed by atoms with Gasteiger partial charge in [-0.15, -0.1) is 5.10 Å². The zero-order chi connectivity index (χ0) is 27.8. The van der Waals surface area contributed by atoms with Gasteiger partial charge in [-0.05, 0) is 94.7 Å². The number of hydrogen-bond acceptors (Lipinski definition) is 5. The van der Waals surface area contributed by atoms with E-state index >= 15 is 0 Å². The Labute approximate surface area is 229 Å². The molecule has 9 heteroatoms. The molecule has 6 rings (SSSR count). The lowest BCUT2D eigenvalue weighted by atomic mass is 9.96. The van der Waals surface area contributed by atoms with Crippen LogP contribution in [0.4, 0.5) is 8.78 Å². The molecule has 0 fully saturated rings. The molecule has 202 valence electrons. The summed E-state index contributed by atoms with van der Waals surface area (Å²) in [5.74, 6) is -0.0584. The van der Waals surface area contributed by atoms with Gasteiger partial charge >= 0.3 is 0 Å². The van der Waals surface area contributed by atoms with E-state index in [2.05, 4.69) is 37.6 Å². The highest BCUT2D eigenvalue weighted by Gasteiger charge is 2.31. The fraction of sp³-hybridized carbons (Fsp3) is 0.226. The predicted molar refractivity (Wildman–Crippen MR) is 150 cm³/mol. The van der Waals surface area contributed by atoms with Crippen LogP contribution in [0.5, 0.6) is 0 Å². The number of hydrogen-bond donors (Lipinski definition) is 1. The van der Waals surface area contributed by atoms with E-state index in [4.69, 9.17) is 0 Å². The van der Waals surface area contributed by atoms with Gasteiger partial charge < -0.3 is 4.98 Å². The smallest absolute Gasteiger partial charge is 0.253 e. The van der Waals surface area contributed by atoms with E-state index in [0.29, 0.717) is 37.4 Å². The molecule has 3 aromatic carbocycles. The highest BCUT2D eigenvalue weighted by atomic mass is 19.1. The number of aromatic nitrogens is 5. The molecule has 0 radical (unpaired) electrons. The Balaban J connectivity index is 1.43. The Hall–Kier alpha value is -4.50. The molecule has 0 spiro atoms. The number of halogens is 2. The van der Waals surface area contributed by atoms with Gasteiger partial charge in [-0.25, -0.2) is 13.5 Å². The van der Waals surface area contributed by atoms with Crippen LogP contribution >= 0.6 is 0 Å². The molecule has 0 bridgehead atoms. The van der Waals surface area contributed by atoms with Gasteiger partial charge in [0.05, 0.1) is 12.1 Å². The zero-order valence-corrected chi connectivity index (χ0v) is 22.2. The van der Waals surface area contributed by atoms with Gasteiger partial charge in [0.15, 0.2) is 5.82 Å². The third kappa shape index (κ3) is 5.08. The molecular weight excluding hydrogens is 510 g/mol. The van der Waals surface area contributed by atoms with Gasteiger partial charge in [0.25, 0.3) is 5.56 Å². The van der Waals surface area contributed by atoms with Gasteiger partial charge in [-0.3, -0.25) is 9.69 Å². The first kappa shape index (κ1) is 25.8. The minimum absolute atomic E-state index is 0.200. The van der Waals surface area contributed by atoms with Gasteiger partial charge in [-0.1, -0.05) is 42.0 Å². The Morgan fingerprint density at radius 2 is 1.70 bits per heavy atom. The second kappa shape index (κ2) is 10.6. The monoisotopic (exact) mass is 538 g/mol. The number of nitrogens with zero attached hydrogens (tertiary/aromatic N) is 5. The van der Waals surface area contributed by atoms with Gasteiger partial charge in [-0.2, -0.15) is 0 Å². The summed E-state index contributed by atoms with van der Waals surface area (Å²) < 4.78 is 28.7. The van der Waals surface area contributed by atoms with Crippen LogP contribution in [0.25, 0.3) is 16.5 Å². The molecule has 7 nitrogen and oxygen atoms in total. The summed E-state index contributed by atoms with van der Waals surface area (Å²) in [5, 5.41) is 13.5. The normalized spacial score (nSPS) is 14.8. The molecule has 1 N–H and O–H groups in total. The zero-order valence-electron chi connectivity index (χ0n) is 22.2. The van der Waals surface area contributed by atoms with Crippen molar-refractivity contribution in [1.82, 2.24) is 30.1 Å². The number of nitrogens with one attached hydrogen (secondary N) is 1. The second-order valence-electron chi connectivity index (χ2n) is 10.3. The van der Waals surface area contributed by atoms with Crippen LogP contribution in [0.3, 0.4) is 0 Å². The number of aromatic amines is 1. The molecule has 0 saturated heterocycles. The molecule has 2 aromatic heterocycles. The summed E-state index contributed by atoms with van der Waals surface area (Å²) in [5.41, 5.74) is 6.20. The minimum Gasteiger partial charge on any atom is -0.321 e. The molecule has 5 aromatic rings. The van der Waals surface area contributed by atoms with Crippen molar-refractivity contribution in [3.63, 3.8) is 0 Å².